The molecule has 0 amide bonds. The van der Waals surface area contributed by atoms with Gasteiger partial charge in [-0.3, -0.25) is 28.1 Å². The number of furan rings is 1. The minimum absolute atomic E-state index is 0.0757. The van der Waals surface area contributed by atoms with Gasteiger partial charge in [0.1, 0.15) is 56.2 Å². The number of fused-ring (bicyclic) bond motifs is 18. The van der Waals surface area contributed by atoms with E-state index in [1.165, 1.54) is 108 Å². The molecular formula is C96H109N25O4S7. The number of nitrogens with zero attached hydrogens (tertiary/aromatic N) is 20. The molecule has 29 nitrogen and oxygen atoms in total. The summed E-state index contributed by atoms with van der Waals surface area (Å²) in [6.45, 7) is 35.2. The molecule has 36 heteroatoms. The van der Waals surface area contributed by atoms with Gasteiger partial charge in [0.25, 0.3) is 0 Å². The summed E-state index contributed by atoms with van der Waals surface area (Å²) in [5.74, 6) is 7.30. The second-order valence-corrected chi connectivity index (χ2v) is 42.4. The average Bonchev–Trinajstić information content (AvgIpc) is 1.62. The highest BCUT2D eigenvalue weighted by Gasteiger charge is 2.27. The normalized spacial score (nSPS) is 12.9. The maximum absolute atomic E-state index is 11.5. The van der Waals surface area contributed by atoms with E-state index in [9.17, 15) is 8.42 Å². The lowest BCUT2D eigenvalue weighted by Gasteiger charge is -2.11. The Balaban J connectivity index is 0.000000111. The molecule has 5 N–H and O–H groups in total. The van der Waals surface area contributed by atoms with Crippen LogP contribution in [0.25, 0.3) is 123 Å². The first-order valence-electron chi connectivity index (χ1n) is 43.6. The Bertz CT molecular complexity index is 7970. The second kappa shape index (κ2) is 37.5. The fourth-order valence-corrected chi connectivity index (χ4v) is 26.3. The smallest absolute Gasteiger partial charge is 0.166 e. The van der Waals surface area contributed by atoms with E-state index in [0.29, 0.717) is 19.7 Å². The van der Waals surface area contributed by atoms with E-state index in [1.54, 1.807) is 81.3 Å². The van der Waals surface area contributed by atoms with Crippen LogP contribution < -0.4 is 26.6 Å². The molecule has 0 bridgehead atoms. The number of sulfone groups is 1. The molecule has 2 aliphatic carbocycles. The van der Waals surface area contributed by atoms with Crippen molar-refractivity contribution in [1.29, 1.82) is 0 Å². The number of nitrogens with one attached hydrogen (secondary N) is 5. The van der Waals surface area contributed by atoms with Gasteiger partial charge >= 0.3 is 0 Å². The van der Waals surface area contributed by atoms with Crippen LogP contribution in [0, 0.1) is 96.9 Å². The Morgan fingerprint density at radius 1 is 0.432 bits per heavy atom. The van der Waals surface area contributed by atoms with E-state index >= 15 is 0 Å². The van der Waals surface area contributed by atoms with Gasteiger partial charge in [-0.15, -0.1) is 68.0 Å². The number of aromatic nitrogens is 20. The first-order valence-corrected chi connectivity index (χ1v) is 50.6. The van der Waals surface area contributed by atoms with E-state index in [1.807, 2.05) is 144 Å². The van der Waals surface area contributed by atoms with Crippen molar-refractivity contribution < 1.29 is 17.6 Å². The van der Waals surface area contributed by atoms with Gasteiger partial charge in [0.15, 0.2) is 29.1 Å². The monoisotopic (exact) mass is 1900 g/mol. The van der Waals surface area contributed by atoms with Crippen molar-refractivity contribution in [2.75, 3.05) is 65.4 Å². The number of pyridine rings is 6. The van der Waals surface area contributed by atoms with Crippen LogP contribution in [-0.2, 0) is 76.5 Å². The summed E-state index contributed by atoms with van der Waals surface area (Å²) in [7, 11) is 10.6. The van der Waals surface area contributed by atoms with E-state index < -0.39 is 9.84 Å². The highest BCUT2D eigenvalue weighted by atomic mass is 32.2. The van der Waals surface area contributed by atoms with Crippen molar-refractivity contribution in [3.8, 4) is 0 Å². The molecule has 0 aliphatic heterocycles. The van der Waals surface area contributed by atoms with E-state index in [4.69, 9.17) is 19.1 Å². The van der Waals surface area contributed by atoms with Crippen molar-refractivity contribution >= 4 is 230 Å². The highest BCUT2D eigenvalue weighted by Crippen LogP contribution is 2.45. The molecule has 0 saturated heterocycles. The predicted octanol–water partition coefficient (Wildman–Crippen LogP) is 21.5. The van der Waals surface area contributed by atoms with Crippen molar-refractivity contribution in [3.63, 3.8) is 0 Å². The van der Waals surface area contributed by atoms with E-state index in [-0.39, 0.29) is 11.8 Å². The zero-order valence-corrected chi connectivity index (χ0v) is 84.3. The number of thiophene rings is 6. The Morgan fingerprint density at radius 3 is 1.08 bits per heavy atom. The minimum Gasteiger partial charge on any atom is -0.465 e. The van der Waals surface area contributed by atoms with Gasteiger partial charge in [0, 0.05) is 154 Å². The first-order chi connectivity index (χ1) is 63.1. The van der Waals surface area contributed by atoms with Crippen LogP contribution in [0.5, 0.6) is 0 Å². The predicted molar refractivity (Wildman–Crippen MR) is 551 cm³/mol. The molecule has 20 aromatic rings. The molecule has 22 rings (SSSR count). The Labute approximate surface area is 788 Å². The number of hydrogen-bond acceptors (Lipinski definition) is 28. The maximum atomic E-state index is 11.5. The molecule has 1 unspecified atom stereocenters. The first kappa shape index (κ1) is 91.7. The standard InChI is InChI=1S/C17H18N4OS.2C17H18N4S.C16H18N6S.C15H20N4O2S2.C14H17N3OS/c1-9-7-10(2)19-17-13(9)14-15(23-17)16(20-21(14)4)18-8-12-6-5-11(3)22-12;2*1-10-8-11(2)19-17-13(10)14-15(22-17)16(20-21(14)3)18-9-12-6-4-5-7-12;1-9-7-10(2)19-16-12(9)13-14(23-16)15(20-22(13)4)18-8-11-17-5-6-21(11)3;1-8-6-9(2)17-15-11(8)12-13(22-15)14(18-19(12)4)16-10(3)7-23(5,20)21;1-8-7-9(2)15-14-11(8)12-13(19-14)10(3)16-17(12)5-6-18-4/h5-7H,8H2,1-4H3,(H,18,20);2*4,6-8H,5,9H2,1-3H3,(H,18,20);5-7H,8H2,1-4H3,(H,18,20);6,10H,7H2,1-5H3,(H,16,18);7H,5-6H2,1-4H3. The third kappa shape index (κ3) is 18.6. The van der Waals surface area contributed by atoms with Gasteiger partial charge in [0.2, 0.25) is 0 Å². The molecule has 132 heavy (non-hydrogen) atoms. The Hall–Kier alpha value is -12.2. The molecule has 0 fully saturated rings. The number of anilines is 5. The number of allylic oxidation sites excluding steroid dienone is 4. The van der Waals surface area contributed by atoms with Crippen LogP contribution in [0.4, 0.5) is 29.1 Å². The van der Waals surface area contributed by atoms with Gasteiger partial charge in [-0.1, -0.05) is 36.5 Å². The molecule has 0 saturated carbocycles. The second-order valence-electron chi connectivity index (χ2n) is 34.3. The third-order valence-electron chi connectivity index (χ3n) is 23.2. The minimum atomic E-state index is -3.03. The summed E-state index contributed by atoms with van der Waals surface area (Å²) >= 11 is 10.2. The molecule has 0 aromatic carbocycles. The van der Waals surface area contributed by atoms with Crippen molar-refractivity contribution in [2.45, 2.75) is 142 Å². The number of imidazole rings is 1. The molecule has 1 atom stereocenters. The van der Waals surface area contributed by atoms with Crippen LogP contribution in [0.3, 0.4) is 0 Å². The van der Waals surface area contributed by atoms with Crippen LogP contribution in [-0.4, -0.2) is 151 Å². The van der Waals surface area contributed by atoms with Crippen LogP contribution >= 0.6 is 68.0 Å². The topological polar surface area (TPSA) is 319 Å². The SMILES string of the molecule is COCCn1nc(C)c2sc3nc(C)cc(C)c3c21.Cc1cc(C)c2c(n1)sc1c(NC(C)CS(C)(=O)=O)nn(C)c12.Cc1cc(C)c2c(n1)sc1c(NCC3=CCC=C3)nn(C)c12.Cc1cc(C)c2c(n1)sc1c(NCC3=CCC=C3)nn(C)c12.Cc1cc(C)c2c(n1)sc1c(NCc3ccc(C)o3)nn(C)c12.Cc1cc(C)c2c(n1)sc1c(NCc3nccn3C)nn(C)c12. The number of aryl methyl sites for hydroxylation is 20. The lowest BCUT2D eigenvalue weighted by Crippen LogP contribution is -2.25. The summed E-state index contributed by atoms with van der Waals surface area (Å²) in [5, 5.41) is 52.0. The Morgan fingerprint density at radius 2 is 0.765 bits per heavy atom. The van der Waals surface area contributed by atoms with Gasteiger partial charge in [-0.25, -0.2) is 43.3 Å². The lowest BCUT2D eigenvalue weighted by molar-refractivity contribution is 0.185. The number of methoxy groups -OCH3 is 1. The van der Waals surface area contributed by atoms with E-state index in [2.05, 4.69) is 208 Å². The van der Waals surface area contributed by atoms with Crippen molar-refractivity contribution in [3.05, 3.63) is 199 Å². The lowest BCUT2D eigenvalue weighted by atomic mass is 10.1. The fraction of sp³-hybridized carbons (Fsp3) is 0.344. The molecule has 684 valence electrons. The van der Waals surface area contributed by atoms with Gasteiger partial charge in [0.05, 0.1) is 99.0 Å². The molecule has 20 aromatic heterocycles. The highest BCUT2D eigenvalue weighted by molar-refractivity contribution is 7.90. The number of rotatable bonds is 19. The van der Waals surface area contributed by atoms with Crippen LogP contribution in [0.15, 0.2) is 113 Å². The summed E-state index contributed by atoms with van der Waals surface area (Å²) in [5.41, 5.74) is 24.4. The summed E-state index contributed by atoms with van der Waals surface area (Å²) in [4.78, 5) is 38.8. The maximum Gasteiger partial charge on any atom is 0.166 e. The van der Waals surface area contributed by atoms with Crippen molar-refractivity contribution in [1.82, 2.24) is 98.1 Å². The molecular weight excluding hydrogens is 1790 g/mol. The quantitative estimate of drug-likeness (QED) is 0.0502. The molecule has 20 heterocycles. The van der Waals surface area contributed by atoms with Gasteiger partial charge in [-0.05, 0) is 210 Å². The molecule has 0 radical (unpaired) electrons. The zero-order chi connectivity index (χ0) is 93.3. The number of hydrogen-bond donors (Lipinski definition) is 5. The molecule has 0 spiro atoms. The van der Waals surface area contributed by atoms with E-state index in [0.717, 1.165) is 184 Å². The van der Waals surface area contributed by atoms with Crippen molar-refractivity contribution in [2.24, 2.45) is 42.3 Å². The Kier molecular flexibility index (Phi) is 26.0. The number of ether oxygens (including phenoxy) is 1. The van der Waals surface area contributed by atoms with Gasteiger partial charge < -0.3 is 40.3 Å². The largest absolute Gasteiger partial charge is 0.465 e. The third-order valence-corrected chi connectivity index (χ3v) is 30.9. The summed E-state index contributed by atoms with van der Waals surface area (Å²) in [6.07, 6.45) is 20.3. The zero-order valence-electron chi connectivity index (χ0n) is 78.6. The summed E-state index contributed by atoms with van der Waals surface area (Å²) < 4.78 is 54.4. The van der Waals surface area contributed by atoms with Crippen LogP contribution in [0.1, 0.15) is 110 Å². The fourth-order valence-electron chi connectivity index (χ4n) is 17.6. The van der Waals surface area contributed by atoms with Crippen LogP contribution in [0.2, 0.25) is 0 Å². The average molecular weight is 1900 g/mol. The summed E-state index contributed by atoms with van der Waals surface area (Å²) in [6, 6.07) is 16.5. The molecule has 2 aliphatic rings. The van der Waals surface area contributed by atoms with Gasteiger partial charge in [-0.2, -0.15) is 30.6 Å².